The molecule has 0 fully saturated rings. The molecule has 0 saturated carbocycles. The molecule has 0 aliphatic rings. The summed E-state index contributed by atoms with van der Waals surface area (Å²) in [5, 5.41) is 9.35. The average Bonchev–Trinajstić information content (AvgIpc) is 2.47. The Morgan fingerprint density at radius 3 is 2.71 bits per heavy atom. The maximum atomic E-state index is 9.35. The maximum Gasteiger partial charge on any atom is 0.101 e. The normalized spacial score (nSPS) is 10.1. The summed E-state index contributed by atoms with van der Waals surface area (Å²) in [4.78, 5) is 2.22. The second-order valence-electron chi connectivity index (χ2n) is 4.94. The summed E-state index contributed by atoms with van der Waals surface area (Å²) < 4.78 is 0.920. The number of hydrogen-bond donors (Lipinski definition) is 1. The minimum absolute atomic E-state index is 0.682. The first-order valence-electron chi connectivity index (χ1n) is 6.93. The van der Waals surface area contributed by atoms with E-state index in [-0.39, 0.29) is 0 Å². The first-order chi connectivity index (χ1) is 10.1. The van der Waals surface area contributed by atoms with E-state index in [9.17, 15) is 5.26 Å². The van der Waals surface area contributed by atoms with Crippen LogP contribution in [0, 0.1) is 11.3 Å². The van der Waals surface area contributed by atoms with E-state index in [1.807, 2.05) is 36.4 Å². The van der Waals surface area contributed by atoms with Crippen LogP contribution in [-0.2, 0) is 6.54 Å². The average molecular weight is 344 g/mol. The molecule has 0 atom stereocenters. The Morgan fingerprint density at radius 2 is 2.05 bits per heavy atom. The van der Waals surface area contributed by atoms with Gasteiger partial charge in [-0.1, -0.05) is 35.0 Å². The first kappa shape index (κ1) is 15.4. The molecule has 0 spiro atoms. The van der Waals surface area contributed by atoms with E-state index in [0.29, 0.717) is 5.56 Å². The number of benzene rings is 2. The number of nitriles is 1. The number of hydrogen-bond acceptors (Lipinski definition) is 3. The third kappa shape index (κ3) is 3.99. The summed E-state index contributed by atoms with van der Waals surface area (Å²) in [5.41, 5.74) is 9.40. The van der Waals surface area contributed by atoms with Crippen molar-refractivity contribution in [1.82, 2.24) is 0 Å². The van der Waals surface area contributed by atoms with E-state index in [1.165, 1.54) is 0 Å². The molecule has 3 nitrogen and oxygen atoms in total. The predicted molar refractivity (Wildman–Crippen MR) is 91.1 cm³/mol. The van der Waals surface area contributed by atoms with E-state index in [0.717, 1.165) is 40.9 Å². The fourth-order valence-corrected chi connectivity index (χ4v) is 2.70. The van der Waals surface area contributed by atoms with Crippen LogP contribution in [0.3, 0.4) is 0 Å². The molecular weight excluding hydrogens is 326 g/mol. The first-order valence-corrected chi connectivity index (χ1v) is 7.72. The van der Waals surface area contributed by atoms with Crippen LogP contribution in [0.1, 0.15) is 24.5 Å². The molecule has 0 radical (unpaired) electrons. The number of rotatable bonds is 5. The number of nitrogens with two attached hydrogens (primary N) is 1. The third-order valence-electron chi connectivity index (χ3n) is 3.24. The minimum Gasteiger partial charge on any atom is -0.399 e. The van der Waals surface area contributed by atoms with Crippen molar-refractivity contribution in [3.8, 4) is 6.07 Å². The van der Waals surface area contributed by atoms with Crippen molar-refractivity contribution in [1.29, 1.82) is 5.26 Å². The van der Waals surface area contributed by atoms with Gasteiger partial charge in [-0.3, -0.25) is 0 Å². The van der Waals surface area contributed by atoms with Crippen molar-refractivity contribution in [2.45, 2.75) is 19.9 Å². The van der Waals surface area contributed by atoms with Crippen molar-refractivity contribution < 1.29 is 0 Å². The molecule has 108 valence electrons. The molecular formula is C17H18BrN3. The Labute approximate surface area is 134 Å². The van der Waals surface area contributed by atoms with Gasteiger partial charge in [-0.15, -0.1) is 0 Å². The molecule has 0 aromatic heterocycles. The van der Waals surface area contributed by atoms with Gasteiger partial charge in [0.2, 0.25) is 0 Å². The van der Waals surface area contributed by atoms with Crippen molar-refractivity contribution in [2.75, 3.05) is 17.2 Å². The summed E-state index contributed by atoms with van der Waals surface area (Å²) in [6, 6.07) is 16.0. The van der Waals surface area contributed by atoms with Gasteiger partial charge in [0.15, 0.2) is 0 Å². The monoisotopic (exact) mass is 343 g/mol. The zero-order valence-electron chi connectivity index (χ0n) is 12.0. The summed E-state index contributed by atoms with van der Waals surface area (Å²) in [6.07, 6.45) is 1.02. The van der Waals surface area contributed by atoms with E-state index < -0.39 is 0 Å². The van der Waals surface area contributed by atoms with Gasteiger partial charge in [-0.25, -0.2) is 0 Å². The van der Waals surface area contributed by atoms with Crippen LogP contribution in [-0.4, -0.2) is 6.54 Å². The second kappa shape index (κ2) is 7.14. The highest BCUT2D eigenvalue weighted by atomic mass is 79.9. The van der Waals surface area contributed by atoms with Gasteiger partial charge < -0.3 is 10.6 Å². The molecule has 0 bridgehead atoms. The lowest BCUT2D eigenvalue weighted by Gasteiger charge is -2.25. The van der Waals surface area contributed by atoms with Crippen LogP contribution in [0.5, 0.6) is 0 Å². The quantitative estimate of drug-likeness (QED) is 0.822. The van der Waals surface area contributed by atoms with Gasteiger partial charge in [0.1, 0.15) is 6.07 Å². The van der Waals surface area contributed by atoms with Crippen LogP contribution in [0.25, 0.3) is 0 Å². The Balaban J connectivity index is 2.33. The predicted octanol–water partition coefficient (Wildman–Crippen LogP) is 4.32. The second-order valence-corrected chi connectivity index (χ2v) is 5.86. The number of halogens is 1. The van der Waals surface area contributed by atoms with E-state index in [4.69, 9.17) is 5.73 Å². The highest BCUT2D eigenvalue weighted by Gasteiger charge is 2.12. The minimum atomic E-state index is 0.682. The Kier molecular flexibility index (Phi) is 5.24. The molecule has 4 heteroatoms. The molecule has 0 saturated heterocycles. The van der Waals surface area contributed by atoms with Crippen molar-refractivity contribution in [2.24, 2.45) is 0 Å². The molecule has 2 aromatic rings. The van der Waals surface area contributed by atoms with Crippen LogP contribution in [0.15, 0.2) is 46.9 Å². The maximum absolute atomic E-state index is 9.35. The van der Waals surface area contributed by atoms with Crippen molar-refractivity contribution in [3.63, 3.8) is 0 Å². The standard InChI is InChI=1S/C17H18BrN3/c1-2-8-21(12-13-4-3-5-16(20)9-13)17-7-6-15(18)10-14(17)11-19/h3-7,9-10H,2,8,12,20H2,1H3. The van der Waals surface area contributed by atoms with Crippen molar-refractivity contribution >= 4 is 27.3 Å². The molecule has 2 N–H and O–H groups in total. The number of anilines is 2. The molecule has 2 rings (SSSR count). The summed E-state index contributed by atoms with van der Waals surface area (Å²) in [5.74, 6) is 0. The zero-order valence-corrected chi connectivity index (χ0v) is 13.6. The highest BCUT2D eigenvalue weighted by Crippen LogP contribution is 2.26. The lowest BCUT2D eigenvalue weighted by molar-refractivity contribution is 0.766. The van der Waals surface area contributed by atoms with E-state index in [2.05, 4.69) is 39.9 Å². The van der Waals surface area contributed by atoms with Crippen LogP contribution >= 0.6 is 15.9 Å². The fourth-order valence-electron chi connectivity index (χ4n) is 2.34. The lowest BCUT2D eigenvalue weighted by Crippen LogP contribution is -2.24. The Hall–Kier alpha value is -1.99. The summed E-state index contributed by atoms with van der Waals surface area (Å²) in [6.45, 7) is 3.78. The lowest BCUT2D eigenvalue weighted by atomic mass is 10.1. The third-order valence-corrected chi connectivity index (χ3v) is 3.73. The molecule has 2 aromatic carbocycles. The molecule has 0 aliphatic carbocycles. The van der Waals surface area contributed by atoms with Gasteiger partial charge in [0.05, 0.1) is 11.3 Å². The molecule has 0 amide bonds. The SMILES string of the molecule is CCCN(Cc1cccc(N)c1)c1ccc(Br)cc1C#N. The summed E-state index contributed by atoms with van der Waals surface area (Å²) in [7, 11) is 0. The van der Waals surface area contributed by atoms with Gasteiger partial charge in [0, 0.05) is 23.2 Å². The topological polar surface area (TPSA) is 53.0 Å². The molecule has 21 heavy (non-hydrogen) atoms. The van der Waals surface area contributed by atoms with Gasteiger partial charge in [-0.2, -0.15) is 5.26 Å². The Morgan fingerprint density at radius 1 is 1.24 bits per heavy atom. The number of nitrogens with zero attached hydrogens (tertiary/aromatic N) is 2. The van der Waals surface area contributed by atoms with Gasteiger partial charge >= 0.3 is 0 Å². The smallest absolute Gasteiger partial charge is 0.101 e. The van der Waals surface area contributed by atoms with Crippen LogP contribution < -0.4 is 10.6 Å². The van der Waals surface area contributed by atoms with Gasteiger partial charge in [0.25, 0.3) is 0 Å². The van der Waals surface area contributed by atoms with E-state index >= 15 is 0 Å². The van der Waals surface area contributed by atoms with E-state index in [1.54, 1.807) is 0 Å². The Bertz CT molecular complexity index is 661. The van der Waals surface area contributed by atoms with Crippen molar-refractivity contribution in [3.05, 3.63) is 58.1 Å². The zero-order chi connectivity index (χ0) is 15.2. The number of nitrogen functional groups attached to an aromatic ring is 1. The van der Waals surface area contributed by atoms with Crippen LogP contribution in [0.4, 0.5) is 11.4 Å². The molecule has 0 aliphatic heterocycles. The van der Waals surface area contributed by atoms with Crippen LogP contribution in [0.2, 0.25) is 0 Å². The molecule has 0 heterocycles. The van der Waals surface area contributed by atoms with Gasteiger partial charge in [-0.05, 0) is 42.3 Å². The summed E-state index contributed by atoms with van der Waals surface area (Å²) >= 11 is 3.42. The largest absolute Gasteiger partial charge is 0.399 e. The molecule has 0 unspecified atom stereocenters. The fraction of sp³-hybridized carbons (Fsp3) is 0.235. The highest BCUT2D eigenvalue weighted by molar-refractivity contribution is 9.10.